The number of hydrogen-bond donors (Lipinski definition) is 1. The summed E-state index contributed by atoms with van der Waals surface area (Å²) in [6.45, 7) is 0.672. The fourth-order valence-electron chi connectivity index (χ4n) is 2.20. The van der Waals surface area contributed by atoms with Gasteiger partial charge in [-0.2, -0.15) is 0 Å². The molecule has 5 heteroatoms. The van der Waals surface area contributed by atoms with E-state index in [-0.39, 0.29) is 17.6 Å². The molecule has 1 fully saturated rings. The van der Waals surface area contributed by atoms with Gasteiger partial charge in [0.15, 0.2) is 9.84 Å². The molecule has 2 rings (SSSR count). The molecule has 1 aromatic rings. The van der Waals surface area contributed by atoms with Crippen LogP contribution in [0, 0.1) is 0 Å². The molecule has 1 saturated heterocycles. The first kappa shape index (κ1) is 13.5. The largest absolute Gasteiger partial charge is 0.377 e. The van der Waals surface area contributed by atoms with Gasteiger partial charge in [-0.15, -0.1) is 0 Å². The summed E-state index contributed by atoms with van der Waals surface area (Å²) in [4.78, 5) is 0. The summed E-state index contributed by atoms with van der Waals surface area (Å²) < 4.78 is 29.4. The van der Waals surface area contributed by atoms with Gasteiger partial charge in [0.2, 0.25) is 0 Å². The summed E-state index contributed by atoms with van der Waals surface area (Å²) in [6, 6.07) is 8.86. The average Bonchev–Trinajstić information content (AvgIpc) is 2.81. The van der Waals surface area contributed by atoms with Gasteiger partial charge >= 0.3 is 0 Å². The van der Waals surface area contributed by atoms with Gasteiger partial charge in [-0.25, -0.2) is 8.42 Å². The smallest absolute Gasteiger partial charge is 0.154 e. The van der Waals surface area contributed by atoms with E-state index in [1.54, 1.807) is 0 Å². The van der Waals surface area contributed by atoms with E-state index in [2.05, 4.69) is 0 Å². The van der Waals surface area contributed by atoms with Crippen LogP contribution in [-0.4, -0.2) is 32.6 Å². The Morgan fingerprint density at radius 2 is 2.06 bits per heavy atom. The van der Waals surface area contributed by atoms with Crippen molar-refractivity contribution in [1.29, 1.82) is 0 Å². The number of ether oxygens (including phenoxy) is 1. The topological polar surface area (TPSA) is 69.4 Å². The summed E-state index contributed by atoms with van der Waals surface area (Å²) in [5, 5.41) is 0. The zero-order valence-electron chi connectivity index (χ0n) is 10.3. The molecule has 0 radical (unpaired) electrons. The summed E-state index contributed by atoms with van der Waals surface area (Å²) in [5.41, 5.74) is 6.79. The van der Waals surface area contributed by atoms with Crippen LogP contribution in [0.1, 0.15) is 24.4 Å². The predicted molar refractivity (Wildman–Crippen MR) is 71.0 cm³/mol. The maximum atomic E-state index is 12.0. The lowest BCUT2D eigenvalue weighted by atomic mass is 10.1. The Hall–Kier alpha value is -0.910. The Labute approximate surface area is 108 Å². The molecular formula is C13H19NO3S. The van der Waals surface area contributed by atoms with Gasteiger partial charge in [-0.05, 0) is 18.4 Å². The minimum Gasteiger partial charge on any atom is -0.377 e. The molecule has 1 aliphatic heterocycles. The van der Waals surface area contributed by atoms with Crippen molar-refractivity contribution in [2.24, 2.45) is 5.73 Å². The summed E-state index contributed by atoms with van der Waals surface area (Å²) in [5.74, 6) is 0.0738. The van der Waals surface area contributed by atoms with Crippen molar-refractivity contribution in [1.82, 2.24) is 0 Å². The Bertz CT molecular complexity index is 466. The van der Waals surface area contributed by atoms with Crippen LogP contribution >= 0.6 is 0 Å². The molecule has 0 spiro atoms. The molecule has 0 aromatic heterocycles. The van der Waals surface area contributed by atoms with Crippen LogP contribution in [0.25, 0.3) is 0 Å². The molecular weight excluding hydrogens is 250 g/mol. The van der Waals surface area contributed by atoms with E-state index in [0.717, 1.165) is 18.4 Å². The van der Waals surface area contributed by atoms with Crippen molar-refractivity contribution in [3.8, 4) is 0 Å². The average molecular weight is 269 g/mol. The Balaban J connectivity index is 1.95. The summed E-state index contributed by atoms with van der Waals surface area (Å²) in [6.07, 6.45) is 1.64. The predicted octanol–water partition coefficient (Wildman–Crippen LogP) is 1.28. The molecule has 1 aliphatic rings. The first-order valence-corrected chi connectivity index (χ1v) is 8.01. The minimum absolute atomic E-state index is 0.0170. The molecule has 0 saturated carbocycles. The molecule has 2 unspecified atom stereocenters. The van der Waals surface area contributed by atoms with Crippen LogP contribution in [-0.2, 0) is 14.6 Å². The molecule has 1 aromatic carbocycles. The van der Waals surface area contributed by atoms with E-state index in [0.29, 0.717) is 6.61 Å². The fraction of sp³-hybridized carbons (Fsp3) is 0.538. The third-order valence-electron chi connectivity index (χ3n) is 3.13. The minimum atomic E-state index is -3.16. The van der Waals surface area contributed by atoms with Gasteiger partial charge in [0.25, 0.3) is 0 Å². The second-order valence-electron chi connectivity index (χ2n) is 4.73. The number of hydrogen-bond acceptors (Lipinski definition) is 4. The number of sulfone groups is 1. The second-order valence-corrected chi connectivity index (χ2v) is 6.88. The maximum Gasteiger partial charge on any atom is 0.154 e. The lowest BCUT2D eigenvalue weighted by Gasteiger charge is -2.14. The first-order chi connectivity index (χ1) is 8.57. The monoisotopic (exact) mass is 269 g/mol. The zero-order chi connectivity index (χ0) is 13.0. The van der Waals surface area contributed by atoms with Crippen LogP contribution in [0.4, 0.5) is 0 Å². The number of rotatable bonds is 5. The Morgan fingerprint density at radius 3 is 2.67 bits per heavy atom. The van der Waals surface area contributed by atoms with Crippen LogP contribution in [0.2, 0.25) is 0 Å². The summed E-state index contributed by atoms with van der Waals surface area (Å²) in [7, 11) is -3.16. The van der Waals surface area contributed by atoms with E-state index in [4.69, 9.17) is 10.5 Å². The van der Waals surface area contributed by atoms with Crippen molar-refractivity contribution in [3.05, 3.63) is 35.9 Å². The highest BCUT2D eigenvalue weighted by Crippen LogP contribution is 2.17. The van der Waals surface area contributed by atoms with E-state index >= 15 is 0 Å². The lowest BCUT2D eigenvalue weighted by Crippen LogP contribution is -2.28. The zero-order valence-corrected chi connectivity index (χ0v) is 11.1. The van der Waals surface area contributed by atoms with E-state index < -0.39 is 15.9 Å². The highest BCUT2D eigenvalue weighted by Gasteiger charge is 2.25. The van der Waals surface area contributed by atoms with Crippen LogP contribution in [0.5, 0.6) is 0 Å². The highest BCUT2D eigenvalue weighted by atomic mass is 32.2. The van der Waals surface area contributed by atoms with Crippen LogP contribution < -0.4 is 5.73 Å². The van der Waals surface area contributed by atoms with Crippen molar-refractivity contribution in [2.75, 3.05) is 18.1 Å². The SMILES string of the molecule is NC(CS(=O)(=O)CC1CCCO1)c1ccccc1. The second kappa shape index (κ2) is 5.82. The molecule has 100 valence electrons. The third kappa shape index (κ3) is 3.80. The molecule has 0 bridgehead atoms. The number of nitrogens with two attached hydrogens (primary N) is 1. The van der Waals surface area contributed by atoms with Gasteiger partial charge in [0.1, 0.15) is 0 Å². The standard InChI is InChI=1S/C13H19NO3S/c14-13(11-5-2-1-3-6-11)10-18(15,16)9-12-7-4-8-17-12/h1-3,5-6,12-13H,4,7-10,14H2. The first-order valence-electron chi connectivity index (χ1n) is 6.19. The van der Waals surface area contributed by atoms with Gasteiger partial charge < -0.3 is 10.5 Å². The Morgan fingerprint density at radius 1 is 1.33 bits per heavy atom. The fourth-order valence-corrected chi connectivity index (χ4v) is 3.90. The summed E-state index contributed by atoms with van der Waals surface area (Å²) >= 11 is 0. The number of benzene rings is 1. The highest BCUT2D eigenvalue weighted by molar-refractivity contribution is 7.91. The van der Waals surface area contributed by atoms with E-state index in [1.807, 2.05) is 30.3 Å². The van der Waals surface area contributed by atoms with Crippen molar-refractivity contribution in [2.45, 2.75) is 25.0 Å². The normalized spacial score (nSPS) is 21.9. The van der Waals surface area contributed by atoms with Crippen molar-refractivity contribution >= 4 is 9.84 Å². The molecule has 2 atom stereocenters. The van der Waals surface area contributed by atoms with E-state index in [9.17, 15) is 8.42 Å². The van der Waals surface area contributed by atoms with Gasteiger partial charge in [0, 0.05) is 12.6 Å². The third-order valence-corrected chi connectivity index (χ3v) is 4.87. The molecule has 0 amide bonds. The molecule has 2 N–H and O–H groups in total. The van der Waals surface area contributed by atoms with Crippen molar-refractivity contribution < 1.29 is 13.2 Å². The van der Waals surface area contributed by atoms with Gasteiger partial charge in [-0.1, -0.05) is 30.3 Å². The van der Waals surface area contributed by atoms with Crippen molar-refractivity contribution in [3.63, 3.8) is 0 Å². The molecule has 4 nitrogen and oxygen atoms in total. The molecule has 1 heterocycles. The van der Waals surface area contributed by atoms with Gasteiger partial charge in [0.05, 0.1) is 17.6 Å². The molecule has 0 aliphatic carbocycles. The molecule has 18 heavy (non-hydrogen) atoms. The maximum absolute atomic E-state index is 12.0. The van der Waals surface area contributed by atoms with Crippen LogP contribution in [0.3, 0.4) is 0 Å². The van der Waals surface area contributed by atoms with E-state index in [1.165, 1.54) is 0 Å². The van der Waals surface area contributed by atoms with Gasteiger partial charge in [-0.3, -0.25) is 0 Å². The van der Waals surface area contributed by atoms with Crippen LogP contribution in [0.15, 0.2) is 30.3 Å². The lowest BCUT2D eigenvalue weighted by molar-refractivity contribution is 0.127. The quantitative estimate of drug-likeness (QED) is 0.874. The Kier molecular flexibility index (Phi) is 4.37.